The Morgan fingerprint density at radius 2 is 2.14 bits per heavy atom. The van der Waals surface area contributed by atoms with E-state index in [1.807, 2.05) is 11.0 Å². The predicted octanol–water partition coefficient (Wildman–Crippen LogP) is 0.0215. The second-order valence-corrected chi connectivity index (χ2v) is 2.75. The van der Waals surface area contributed by atoms with Crippen LogP contribution in [0.4, 0.5) is 0 Å². The van der Waals surface area contributed by atoms with Crippen LogP contribution in [-0.4, -0.2) is 51.3 Å². The second-order valence-electron chi connectivity index (χ2n) is 2.75. The summed E-state index contributed by atoms with van der Waals surface area (Å²) in [6, 6.07) is 2.04. The zero-order valence-electron chi connectivity index (χ0n) is 8.65. The summed E-state index contributed by atoms with van der Waals surface area (Å²) in [6.45, 7) is 2.05. The molecule has 0 aliphatic heterocycles. The number of carbonyl (C=O) groups is 1. The number of hydrogen-bond acceptors (Lipinski definition) is 5. The third-order valence-electron chi connectivity index (χ3n) is 1.77. The minimum absolute atomic E-state index is 0.259. The van der Waals surface area contributed by atoms with Gasteiger partial charge in [0.05, 0.1) is 32.8 Å². The molecule has 0 atom stereocenters. The van der Waals surface area contributed by atoms with Crippen molar-refractivity contribution < 1.29 is 14.3 Å². The molecule has 0 aromatic heterocycles. The average Bonchev–Trinajstić information content (AvgIpc) is 2.21. The van der Waals surface area contributed by atoms with E-state index < -0.39 is 0 Å². The van der Waals surface area contributed by atoms with Gasteiger partial charge in [0.15, 0.2) is 0 Å². The van der Waals surface area contributed by atoms with Crippen molar-refractivity contribution in [3.63, 3.8) is 0 Å². The first-order chi connectivity index (χ1) is 6.74. The molecule has 14 heavy (non-hydrogen) atoms. The van der Waals surface area contributed by atoms with Gasteiger partial charge in [-0.1, -0.05) is 0 Å². The van der Waals surface area contributed by atoms with Crippen LogP contribution in [-0.2, 0) is 14.3 Å². The van der Waals surface area contributed by atoms with Crippen LogP contribution in [0.3, 0.4) is 0 Å². The molecule has 0 heterocycles. The molecule has 80 valence electrons. The van der Waals surface area contributed by atoms with Gasteiger partial charge in [0, 0.05) is 20.2 Å². The van der Waals surface area contributed by atoms with Crippen LogP contribution < -0.4 is 0 Å². The number of methoxy groups -OCH3 is 2. The lowest BCUT2D eigenvalue weighted by Crippen LogP contribution is -2.30. The van der Waals surface area contributed by atoms with E-state index in [0.29, 0.717) is 32.7 Å². The quantitative estimate of drug-likeness (QED) is 0.428. The number of hydrogen-bond donors (Lipinski definition) is 0. The predicted molar refractivity (Wildman–Crippen MR) is 50.6 cm³/mol. The Hall–Kier alpha value is -1.12. The Balaban J connectivity index is 3.73. The summed E-state index contributed by atoms with van der Waals surface area (Å²) < 4.78 is 9.39. The summed E-state index contributed by atoms with van der Waals surface area (Å²) in [5.41, 5.74) is 0. The van der Waals surface area contributed by atoms with Crippen molar-refractivity contribution in [2.45, 2.75) is 6.42 Å². The molecule has 0 bridgehead atoms. The fourth-order valence-corrected chi connectivity index (χ4v) is 0.942. The van der Waals surface area contributed by atoms with Gasteiger partial charge in [-0.05, 0) is 0 Å². The molecule has 0 amide bonds. The SMILES string of the molecule is COCCN(CC#N)CCC(=O)OC. The number of nitrogens with zero attached hydrogens (tertiary/aromatic N) is 2. The van der Waals surface area contributed by atoms with E-state index in [1.54, 1.807) is 7.11 Å². The molecule has 0 unspecified atom stereocenters. The third-order valence-corrected chi connectivity index (χ3v) is 1.77. The average molecular weight is 200 g/mol. The minimum atomic E-state index is -0.259. The van der Waals surface area contributed by atoms with E-state index >= 15 is 0 Å². The fraction of sp³-hybridized carbons (Fsp3) is 0.778. The van der Waals surface area contributed by atoms with Crippen molar-refractivity contribution in [3.05, 3.63) is 0 Å². The minimum Gasteiger partial charge on any atom is -0.469 e. The van der Waals surface area contributed by atoms with Crippen LogP contribution in [0.5, 0.6) is 0 Å². The largest absolute Gasteiger partial charge is 0.469 e. The van der Waals surface area contributed by atoms with Crippen molar-refractivity contribution in [1.29, 1.82) is 5.26 Å². The molecular formula is C9H16N2O3. The molecule has 5 heteroatoms. The van der Waals surface area contributed by atoms with E-state index in [9.17, 15) is 4.79 Å². The Morgan fingerprint density at radius 3 is 2.64 bits per heavy atom. The van der Waals surface area contributed by atoms with Crippen LogP contribution >= 0.6 is 0 Å². The van der Waals surface area contributed by atoms with Crippen LogP contribution in [0.15, 0.2) is 0 Å². The molecule has 0 spiro atoms. The number of nitriles is 1. The van der Waals surface area contributed by atoms with Crippen molar-refractivity contribution >= 4 is 5.97 Å². The molecular weight excluding hydrogens is 184 g/mol. The first-order valence-corrected chi connectivity index (χ1v) is 4.39. The standard InChI is InChI=1S/C9H16N2O3/c1-13-8-7-11(6-4-10)5-3-9(12)14-2/h3,5-8H2,1-2H3. The Morgan fingerprint density at radius 1 is 1.43 bits per heavy atom. The fourth-order valence-electron chi connectivity index (χ4n) is 0.942. The Bertz CT molecular complexity index is 201. The van der Waals surface area contributed by atoms with Crippen LogP contribution in [0, 0.1) is 11.3 Å². The van der Waals surface area contributed by atoms with Gasteiger partial charge in [-0.3, -0.25) is 9.69 Å². The van der Waals surface area contributed by atoms with E-state index in [-0.39, 0.29) is 5.97 Å². The number of carbonyl (C=O) groups excluding carboxylic acids is 1. The van der Waals surface area contributed by atoms with Crippen LogP contribution in [0.25, 0.3) is 0 Å². The van der Waals surface area contributed by atoms with Gasteiger partial charge in [0.1, 0.15) is 0 Å². The maximum atomic E-state index is 10.8. The topological polar surface area (TPSA) is 62.6 Å². The molecule has 0 aromatic rings. The molecule has 0 aromatic carbocycles. The normalized spacial score (nSPS) is 9.86. The maximum absolute atomic E-state index is 10.8. The van der Waals surface area contributed by atoms with E-state index in [4.69, 9.17) is 10.00 Å². The molecule has 0 aliphatic carbocycles. The van der Waals surface area contributed by atoms with Gasteiger partial charge in [0.25, 0.3) is 0 Å². The molecule has 0 radical (unpaired) electrons. The molecule has 0 saturated heterocycles. The van der Waals surface area contributed by atoms with Gasteiger partial charge in [-0.15, -0.1) is 0 Å². The molecule has 0 N–H and O–H groups in total. The summed E-state index contributed by atoms with van der Waals surface area (Å²) in [4.78, 5) is 12.7. The monoisotopic (exact) mass is 200 g/mol. The number of rotatable bonds is 7. The zero-order chi connectivity index (χ0) is 10.8. The summed E-state index contributed by atoms with van der Waals surface area (Å²) in [5, 5.41) is 8.51. The van der Waals surface area contributed by atoms with Gasteiger partial charge >= 0.3 is 5.97 Å². The molecule has 5 nitrogen and oxygen atoms in total. The zero-order valence-corrected chi connectivity index (χ0v) is 8.65. The lowest BCUT2D eigenvalue weighted by molar-refractivity contribution is -0.141. The number of esters is 1. The van der Waals surface area contributed by atoms with Crippen molar-refractivity contribution in [2.24, 2.45) is 0 Å². The first-order valence-electron chi connectivity index (χ1n) is 4.39. The summed E-state index contributed by atoms with van der Waals surface area (Å²) in [7, 11) is 2.96. The third kappa shape index (κ3) is 6.40. The van der Waals surface area contributed by atoms with E-state index in [1.165, 1.54) is 7.11 Å². The van der Waals surface area contributed by atoms with Gasteiger partial charge < -0.3 is 9.47 Å². The summed E-state index contributed by atoms with van der Waals surface area (Å²) in [5.74, 6) is -0.259. The molecule has 0 aliphatic rings. The van der Waals surface area contributed by atoms with Gasteiger partial charge in [0.2, 0.25) is 0 Å². The molecule has 0 saturated carbocycles. The van der Waals surface area contributed by atoms with Crippen molar-refractivity contribution in [3.8, 4) is 6.07 Å². The number of ether oxygens (including phenoxy) is 2. The summed E-state index contributed by atoms with van der Waals surface area (Å²) in [6.07, 6.45) is 0.307. The van der Waals surface area contributed by atoms with Gasteiger partial charge in [-0.2, -0.15) is 5.26 Å². The first kappa shape index (κ1) is 12.9. The van der Waals surface area contributed by atoms with E-state index in [0.717, 1.165) is 0 Å². The lowest BCUT2D eigenvalue weighted by Gasteiger charge is -2.17. The maximum Gasteiger partial charge on any atom is 0.306 e. The Kier molecular flexibility index (Phi) is 7.80. The second kappa shape index (κ2) is 8.48. The van der Waals surface area contributed by atoms with Crippen molar-refractivity contribution in [1.82, 2.24) is 4.90 Å². The van der Waals surface area contributed by atoms with Crippen LogP contribution in [0.2, 0.25) is 0 Å². The highest BCUT2D eigenvalue weighted by molar-refractivity contribution is 5.69. The highest BCUT2D eigenvalue weighted by atomic mass is 16.5. The molecule has 0 fully saturated rings. The molecule has 0 rings (SSSR count). The highest BCUT2D eigenvalue weighted by Crippen LogP contribution is 1.92. The Labute approximate surface area is 84.2 Å². The van der Waals surface area contributed by atoms with E-state index in [2.05, 4.69) is 4.74 Å². The van der Waals surface area contributed by atoms with Crippen molar-refractivity contribution in [2.75, 3.05) is 40.5 Å². The summed E-state index contributed by atoms with van der Waals surface area (Å²) >= 11 is 0. The lowest BCUT2D eigenvalue weighted by atomic mass is 10.3. The highest BCUT2D eigenvalue weighted by Gasteiger charge is 2.07. The van der Waals surface area contributed by atoms with Gasteiger partial charge in [-0.25, -0.2) is 0 Å². The smallest absolute Gasteiger partial charge is 0.306 e. The van der Waals surface area contributed by atoms with Crippen LogP contribution in [0.1, 0.15) is 6.42 Å².